The molecule has 6 nitrogen and oxygen atoms in total. The summed E-state index contributed by atoms with van der Waals surface area (Å²) in [5, 5.41) is 9.84. The van der Waals surface area contributed by atoms with Gasteiger partial charge in [-0.25, -0.2) is 0 Å². The predicted octanol–water partition coefficient (Wildman–Crippen LogP) is 4.68. The summed E-state index contributed by atoms with van der Waals surface area (Å²) in [5.74, 6) is 1.39. The summed E-state index contributed by atoms with van der Waals surface area (Å²) in [6.07, 6.45) is 3.48. The number of unbranched alkanes of at least 4 members (excludes halogenated alkanes) is 1. The lowest BCUT2D eigenvalue weighted by molar-refractivity contribution is -0.140. The van der Waals surface area contributed by atoms with Gasteiger partial charge in [0.25, 0.3) is 0 Å². The zero-order chi connectivity index (χ0) is 19.1. The molecule has 142 valence electrons. The third-order valence-electron chi connectivity index (χ3n) is 3.79. The molecule has 0 spiro atoms. The number of hydrogen-bond donors (Lipinski definition) is 0. The number of ether oxygens (including phenoxy) is 1. The van der Waals surface area contributed by atoms with Gasteiger partial charge in [0.15, 0.2) is 11.0 Å². The van der Waals surface area contributed by atoms with Gasteiger partial charge in [0.1, 0.15) is 5.76 Å². The van der Waals surface area contributed by atoms with Crippen LogP contribution in [0.4, 0.5) is 0 Å². The second-order valence-electron chi connectivity index (χ2n) is 5.84. The van der Waals surface area contributed by atoms with Gasteiger partial charge in [0.05, 0.1) is 25.2 Å². The van der Waals surface area contributed by atoms with E-state index >= 15 is 0 Å². The molecule has 1 aromatic carbocycles. The van der Waals surface area contributed by atoms with Crippen molar-refractivity contribution >= 4 is 29.3 Å². The number of carbonyl (C=O) groups is 1. The number of rotatable bonds is 9. The molecule has 0 aliphatic rings. The van der Waals surface area contributed by atoms with Gasteiger partial charge >= 0.3 is 5.97 Å². The van der Waals surface area contributed by atoms with Crippen molar-refractivity contribution in [2.45, 2.75) is 31.5 Å². The maximum atomic E-state index is 11.9. The Bertz CT molecular complexity index is 863. The fourth-order valence-corrected chi connectivity index (χ4v) is 3.27. The van der Waals surface area contributed by atoms with E-state index in [9.17, 15) is 4.79 Å². The first-order valence-corrected chi connectivity index (χ1v) is 10.0. The Labute approximate surface area is 166 Å². The number of carbonyl (C=O) groups excluding carboxylic acids is 1. The van der Waals surface area contributed by atoms with Crippen LogP contribution in [0, 0.1) is 0 Å². The summed E-state index contributed by atoms with van der Waals surface area (Å²) in [7, 11) is 0. The van der Waals surface area contributed by atoms with E-state index in [-0.39, 0.29) is 11.7 Å². The summed E-state index contributed by atoms with van der Waals surface area (Å²) in [6, 6.07) is 11.1. The Hall–Kier alpha value is -2.25. The molecule has 0 atom stereocenters. The molecule has 0 N–H and O–H groups in total. The Morgan fingerprint density at radius 1 is 1.26 bits per heavy atom. The quantitative estimate of drug-likeness (QED) is 0.292. The van der Waals surface area contributed by atoms with E-state index in [0.717, 1.165) is 24.2 Å². The molecule has 0 unspecified atom stereocenters. The average Bonchev–Trinajstić information content (AvgIpc) is 3.32. The van der Waals surface area contributed by atoms with Crippen LogP contribution in [0.2, 0.25) is 5.02 Å². The first-order chi connectivity index (χ1) is 13.2. The summed E-state index contributed by atoms with van der Waals surface area (Å²) >= 11 is 7.28. The van der Waals surface area contributed by atoms with E-state index in [4.69, 9.17) is 20.8 Å². The lowest BCUT2D eigenvalue weighted by Gasteiger charge is -2.09. The van der Waals surface area contributed by atoms with Crippen molar-refractivity contribution in [2.75, 3.05) is 12.4 Å². The van der Waals surface area contributed by atoms with Crippen LogP contribution in [0.3, 0.4) is 0 Å². The van der Waals surface area contributed by atoms with Gasteiger partial charge in [-0.3, -0.25) is 9.36 Å². The van der Waals surface area contributed by atoms with Crippen LogP contribution in [0.1, 0.15) is 25.5 Å². The van der Waals surface area contributed by atoms with Crippen LogP contribution in [0.25, 0.3) is 11.4 Å². The number of esters is 1. The van der Waals surface area contributed by atoms with E-state index in [1.807, 2.05) is 28.8 Å². The number of hydrogen-bond acceptors (Lipinski definition) is 6. The number of benzene rings is 1. The molecule has 0 aliphatic carbocycles. The van der Waals surface area contributed by atoms with E-state index in [0.29, 0.717) is 29.2 Å². The highest BCUT2D eigenvalue weighted by molar-refractivity contribution is 7.99. The molecule has 0 aliphatic heterocycles. The minimum Gasteiger partial charge on any atom is -0.467 e. The van der Waals surface area contributed by atoms with Crippen molar-refractivity contribution in [3.05, 3.63) is 53.4 Å². The molecule has 0 radical (unpaired) electrons. The fourth-order valence-electron chi connectivity index (χ4n) is 2.40. The maximum Gasteiger partial charge on any atom is 0.316 e. The Morgan fingerprint density at radius 2 is 2.07 bits per heavy atom. The van der Waals surface area contributed by atoms with Crippen molar-refractivity contribution in [1.82, 2.24) is 14.8 Å². The van der Waals surface area contributed by atoms with Gasteiger partial charge < -0.3 is 9.15 Å². The molecule has 27 heavy (non-hydrogen) atoms. The van der Waals surface area contributed by atoms with Gasteiger partial charge in [-0.05, 0) is 42.8 Å². The number of halogens is 1. The predicted molar refractivity (Wildman–Crippen MR) is 105 cm³/mol. The summed E-state index contributed by atoms with van der Waals surface area (Å²) in [4.78, 5) is 11.9. The van der Waals surface area contributed by atoms with Crippen LogP contribution in [0.15, 0.2) is 52.2 Å². The summed E-state index contributed by atoms with van der Waals surface area (Å²) in [6.45, 7) is 2.97. The normalized spacial score (nSPS) is 10.9. The molecule has 8 heteroatoms. The number of thioether (sulfide) groups is 1. The fraction of sp³-hybridized carbons (Fsp3) is 0.316. The lowest BCUT2D eigenvalue weighted by atomic mass is 10.2. The van der Waals surface area contributed by atoms with Gasteiger partial charge in [-0.2, -0.15) is 0 Å². The molecule has 2 heterocycles. The molecule has 0 bridgehead atoms. The van der Waals surface area contributed by atoms with E-state index < -0.39 is 0 Å². The second kappa shape index (κ2) is 9.62. The van der Waals surface area contributed by atoms with E-state index in [1.54, 1.807) is 18.4 Å². The molecular weight excluding hydrogens is 386 g/mol. The van der Waals surface area contributed by atoms with Crippen molar-refractivity contribution in [1.29, 1.82) is 0 Å². The number of nitrogens with zero attached hydrogens (tertiary/aromatic N) is 3. The molecule has 0 amide bonds. The monoisotopic (exact) mass is 405 g/mol. The zero-order valence-corrected chi connectivity index (χ0v) is 16.5. The van der Waals surface area contributed by atoms with Gasteiger partial charge in [-0.15, -0.1) is 10.2 Å². The van der Waals surface area contributed by atoms with Crippen LogP contribution in [-0.4, -0.2) is 33.1 Å². The molecule has 0 saturated heterocycles. The Kier molecular flexibility index (Phi) is 6.95. The molecule has 3 aromatic rings. The first kappa shape index (κ1) is 19.5. The zero-order valence-electron chi connectivity index (χ0n) is 14.9. The Morgan fingerprint density at radius 3 is 2.78 bits per heavy atom. The van der Waals surface area contributed by atoms with Crippen LogP contribution in [0.5, 0.6) is 0 Å². The largest absolute Gasteiger partial charge is 0.467 e. The summed E-state index contributed by atoms with van der Waals surface area (Å²) in [5.41, 5.74) is 0.885. The minimum absolute atomic E-state index is 0.181. The lowest BCUT2D eigenvalue weighted by Crippen LogP contribution is -2.10. The van der Waals surface area contributed by atoms with Crippen LogP contribution in [-0.2, 0) is 16.1 Å². The van der Waals surface area contributed by atoms with Gasteiger partial charge in [0.2, 0.25) is 0 Å². The van der Waals surface area contributed by atoms with Crippen molar-refractivity contribution < 1.29 is 13.9 Å². The first-order valence-electron chi connectivity index (χ1n) is 8.67. The van der Waals surface area contributed by atoms with Gasteiger partial charge in [-0.1, -0.05) is 36.7 Å². The SMILES string of the molecule is CCCCOC(=O)CSc1nnc(-c2ccc(Cl)cc2)n1Cc1ccco1. The molecular formula is C19H20ClN3O3S. The summed E-state index contributed by atoms with van der Waals surface area (Å²) < 4.78 is 12.6. The minimum atomic E-state index is -0.256. The second-order valence-corrected chi connectivity index (χ2v) is 7.22. The van der Waals surface area contributed by atoms with E-state index in [1.165, 1.54) is 11.8 Å². The third kappa shape index (κ3) is 5.37. The topological polar surface area (TPSA) is 70.2 Å². The Balaban J connectivity index is 1.78. The van der Waals surface area contributed by atoms with Crippen molar-refractivity contribution in [3.8, 4) is 11.4 Å². The average molecular weight is 406 g/mol. The molecule has 3 rings (SSSR count). The molecule has 0 saturated carbocycles. The maximum absolute atomic E-state index is 11.9. The highest BCUT2D eigenvalue weighted by Gasteiger charge is 2.17. The van der Waals surface area contributed by atoms with Crippen molar-refractivity contribution in [3.63, 3.8) is 0 Å². The smallest absolute Gasteiger partial charge is 0.316 e. The third-order valence-corrected chi connectivity index (χ3v) is 4.99. The molecule has 2 aromatic heterocycles. The highest BCUT2D eigenvalue weighted by Crippen LogP contribution is 2.26. The number of furan rings is 1. The highest BCUT2D eigenvalue weighted by atomic mass is 35.5. The standard InChI is InChI=1S/C19H20ClN3O3S/c1-2-3-10-26-17(24)13-27-19-22-21-18(14-6-8-15(20)9-7-14)23(19)12-16-5-4-11-25-16/h4-9,11H,2-3,10,12-13H2,1H3. The van der Waals surface area contributed by atoms with Crippen molar-refractivity contribution in [2.24, 2.45) is 0 Å². The van der Waals surface area contributed by atoms with Gasteiger partial charge in [0, 0.05) is 10.6 Å². The van der Waals surface area contributed by atoms with Crippen LogP contribution < -0.4 is 0 Å². The molecule has 0 fully saturated rings. The van der Waals surface area contributed by atoms with Crippen LogP contribution >= 0.6 is 23.4 Å². The number of aromatic nitrogens is 3. The van der Waals surface area contributed by atoms with E-state index in [2.05, 4.69) is 17.1 Å².